The number of aryl methyl sites for hydroxylation is 2. The Kier molecular flexibility index (Phi) is 5.45. The number of ether oxygens (including phenoxy) is 2. The van der Waals surface area contributed by atoms with E-state index in [9.17, 15) is 0 Å². The normalized spacial score (nSPS) is 19.2. The first-order valence-electron chi connectivity index (χ1n) is 10.9. The molecule has 30 heavy (non-hydrogen) atoms. The Bertz CT molecular complexity index is 982. The van der Waals surface area contributed by atoms with Gasteiger partial charge in [-0.3, -0.25) is 14.3 Å². The van der Waals surface area contributed by atoms with Crippen molar-refractivity contribution >= 4 is 0 Å². The van der Waals surface area contributed by atoms with Crippen LogP contribution in [0.15, 0.2) is 42.9 Å². The van der Waals surface area contributed by atoms with Crippen molar-refractivity contribution in [1.29, 1.82) is 0 Å². The van der Waals surface area contributed by atoms with Crippen molar-refractivity contribution < 1.29 is 9.47 Å². The van der Waals surface area contributed by atoms with E-state index < -0.39 is 0 Å². The van der Waals surface area contributed by atoms with Gasteiger partial charge in [-0.2, -0.15) is 10.2 Å². The van der Waals surface area contributed by atoms with Crippen LogP contribution in [0.1, 0.15) is 31.2 Å². The molecule has 2 aliphatic heterocycles. The lowest BCUT2D eigenvalue weighted by molar-refractivity contribution is 0.127. The Morgan fingerprint density at radius 1 is 1.13 bits per heavy atom. The quantitative estimate of drug-likeness (QED) is 0.626. The topological polar surface area (TPSA) is 57.3 Å². The van der Waals surface area contributed by atoms with E-state index in [4.69, 9.17) is 14.6 Å². The highest BCUT2D eigenvalue weighted by atomic mass is 16.6. The molecule has 1 aromatic carbocycles. The highest BCUT2D eigenvalue weighted by Gasteiger charge is 2.25. The molecular formula is C23H29N5O2. The van der Waals surface area contributed by atoms with Crippen molar-refractivity contribution in [2.45, 2.75) is 44.8 Å². The van der Waals surface area contributed by atoms with Gasteiger partial charge >= 0.3 is 0 Å². The predicted molar refractivity (Wildman–Crippen MR) is 115 cm³/mol. The van der Waals surface area contributed by atoms with Gasteiger partial charge in [0.05, 0.1) is 5.69 Å². The largest absolute Gasteiger partial charge is 0.486 e. The van der Waals surface area contributed by atoms with Crippen molar-refractivity contribution in [1.82, 2.24) is 24.5 Å². The lowest BCUT2D eigenvalue weighted by Crippen LogP contribution is -2.39. The Morgan fingerprint density at radius 3 is 2.90 bits per heavy atom. The maximum atomic E-state index is 5.79. The Morgan fingerprint density at radius 2 is 2.03 bits per heavy atom. The minimum absolute atomic E-state index is 0.580. The zero-order valence-corrected chi connectivity index (χ0v) is 17.5. The van der Waals surface area contributed by atoms with Gasteiger partial charge < -0.3 is 9.47 Å². The predicted octanol–water partition coefficient (Wildman–Crippen LogP) is 3.50. The fourth-order valence-corrected chi connectivity index (χ4v) is 4.61. The summed E-state index contributed by atoms with van der Waals surface area (Å²) < 4.78 is 15.4. The number of fused-ring (bicyclic) bond motifs is 1. The molecule has 0 spiro atoms. The van der Waals surface area contributed by atoms with E-state index in [1.54, 1.807) is 0 Å². The maximum Gasteiger partial charge on any atom is 0.162 e. The monoisotopic (exact) mass is 407 g/mol. The molecule has 1 fully saturated rings. The molecule has 0 unspecified atom stereocenters. The molecule has 7 heteroatoms. The van der Waals surface area contributed by atoms with Gasteiger partial charge in [0.2, 0.25) is 0 Å². The molecule has 1 atom stereocenters. The molecule has 0 radical (unpaired) electrons. The SMILES string of the molecule is Cn1cc(CN2CCCC[C@H]2CCn2cccn2)c(-c2ccc3c(c2)OCCO3)n1. The van der Waals surface area contributed by atoms with Crippen LogP contribution in [0.4, 0.5) is 0 Å². The summed E-state index contributed by atoms with van der Waals surface area (Å²) >= 11 is 0. The molecule has 2 aromatic heterocycles. The van der Waals surface area contributed by atoms with Crippen LogP contribution >= 0.6 is 0 Å². The summed E-state index contributed by atoms with van der Waals surface area (Å²) in [4.78, 5) is 2.63. The molecular weight excluding hydrogens is 378 g/mol. The summed E-state index contributed by atoms with van der Waals surface area (Å²) in [6.45, 7) is 4.23. The second-order valence-electron chi connectivity index (χ2n) is 8.21. The van der Waals surface area contributed by atoms with Gasteiger partial charge in [0.1, 0.15) is 13.2 Å². The van der Waals surface area contributed by atoms with Crippen molar-refractivity contribution in [2.75, 3.05) is 19.8 Å². The van der Waals surface area contributed by atoms with E-state index >= 15 is 0 Å². The van der Waals surface area contributed by atoms with Crippen molar-refractivity contribution in [2.24, 2.45) is 7.05 Å². The van der Waals surface area contributed by atoms with Gasteiger partial charge in [-0.1, -0.05) is 6.42 Å². The van der Waals surface area contributed by atoms with Crippen molar-refractivity contribution in [3.63, 3.8) is 0 Å². The number of benzene rings is 1. The summed E-state index contributed by atoms with van der Waals surface area (Å²) in [7, 11) is 2.00. The van der Waals surface area contributed by atoms with Crippen LogP contribution in [0.3, 0.4) is 0 Å². The minimum Gasteiger partial charge on any atom is -0.486 e. The van der Waals surface area contributed by atoms with Gasteiger partial charge in [-0.25, -0.2) is 0 Å². The van der Waals surface area contributed by atoms with E-state index in [0.29, 0.717) is 19.3 Å². The standard InChI is InChI=1S/C23H29N5O2/c1-26-16-19(23(25-26)18-6-7-21-22(15-18)30-14-13-29-21)17-27-10-3-2-5-20(27)8-12-28-11-4-9-24-28/h4,6-7,9,11,15-16,20H,2-3,5,8,10,12-14,17H2,1H3/t20-/m0/s1. The smallest absolute Gasteiger partial charge is 0.162 e. The Balaban J connectivity index is 1.35. The first-order valence-corrected chi connectivity index (χ1v) is 10.9. The van der Waals surface area contributed by atoms with Gasteiger partial charge in [-0.05, 0) is 50.1 Å². The summed E-state index contributed by atoms with van der Waals surface area (Å²) in [6.07, 6.45) is 11.0. The van der Waals surface area contributed by atoms with Gasteiger partial charge in [0.25, 0.3) is 0 Å². The van der Waals surface area contributed by atoms with Gasteiger partial charge in [-0.15, -0.1) is 0 Å². The molecule has 0 N–H and O–H groups in total. The molecule has 0 saturated carbocycles. The van der Waals surface area contributed by atoms with Crippen LogP contribution in [0.25, 0.3) is 11.3 Å². The first kappa shape index (κ1) is 19.2. The van der Waals surface area contributed by atoms with Crippen LogP contribution in [-0.4, -0.2) is 50.3 Å². The number of aromatic nitrogens is 4. The number of likely N-dealkylation sites (tertiary alicyclic amines) is 1. The van der Waals surface area contributed by atoms with Gasteiger partial charge in [0.15, 0.2) is 11.5 Å². The zero-order valence-electron chi connectivity index (χ0n) is 17.5. The number of rotatable bonds is 6. The number of piperidine rings is 1. The van der Waals surface area contributed by atoms with E-state index in [1.165, 1.54) is 24.8 Å². The summed E-state index contributed by atoms with van der Waals surface area (Å²) in [5.41, 5.74) is 3.38. The van der Waals surface area contributed by atoms with Crippen LogP contribution in [0.2, 0.25) is 0 Å². The molecule has 7 nitrogen and oxygen atoms in total. The number of hydrogen-bond acceptors (Lipinski definition) is 5. The second kappa shape index (κ2) is 8.52. The van der Waals surface area contributed by atoms with Crippen molar-refractivity contribution in [3.05, 3.63) is 48.4 Å². The van der Waals surface area contributed by atoms with Crippen molar-refractivity contribution in [3.8, 4) is 22.8 Å². The van der Waals surface area contributed by atoms with E-state index in [0.717, 1.165) is 48.8 Å². The molecule has 2 aliphatic rings. The third kappa shape index (κ3) is 4.07. The third-order valence-electron chi connectivity index (χ3n) is 6.09. The molecule has 158 valence electrons. The van der Waals surface area contributed by atoms with Crippen LogP contribution in [-0.2, 0) is 20.1 Å². The molecule has 3 aromatic rings. The maximum absolute atomic E-state index is 5.79. The molecule has 4 heterocycles. The summed E-state index contributed by atoms with van der Waals surface area (Å²) in [5, 5.41) is 9.15. The van der Waals surface area contributed by atoms with E-state index in [2.05, 4.69) is 28.3 Å². The van der Waals surface area contributed by atoms with E-state index in [1.807, 2.05) is 40.9 Å². The third-order valence-corrected chi connectivity index (χ3v) is 6.09. The fourth-order valence-electron chi connectivity index (χ4n) is 4.61. The lowest BCUT2D eigenvalue weighted by Gasteiger charge is -2.35. The summed E-state index contributed by atoms with van der Waals surface area (Å²) in [5.74, 6) is 1.63. The molecule has 0 bridgehead atoms. The fraction of sp³-hybridized carbons (Fsp3) is 0.478. The zero-order chi connectivity index (χ0) is 20.3. The molecule has 0 aliphatic carbocycles. The molecule has 5 rings (SSSR count). The highest BCUT2D eigenvalue weighted by molar-refractivity contribution is 5.66. The minimum atomic E-state index is 0.580. The second-order valence-corrected chi connectivity index (χ2v) is 8.21. The Hall–Kier alpha value is -2.80. The summed E-state index contributed by atoms with van der Waals surface area (Å²) in [6, 6.07) is 8.72. The van der Waals surface area contributed by atoms with E-state index in [-0.39, 0.29) is 0 Å². The van der Waals surface area contributed by atoms with Crippen LogP contribution in [0, 0.1) is 0 Å². The average Bonchev–Trinajstić information content (AvgIpc) is 3.42. The highest BCUT2D eigenvalue weighted by Crippen LogP contribution is 2.35. The van der Waals surface area contributed by atoms with Crippen LogP contribution < -0.4 is 9.47 Å². The lowest BCUT2D eigenvalue weighted by atomic mass is 9.98. The van der Waals surface area contributed by atoms with Gasteiger partial charge in [0, 0.05) is 55.9 Å². The number of nitrogens with zero attached hydrogens (tertiary/aromatic N) is 5. The Labute approximate surface area is 177 Å². The molecule has 1 saturated heterocycles. The number of hydrogen-bond donors (Lipinski definition) is 0. The first-order chi connectivity index (χ1) is 14.8. The van der Waals surface area contributed by atoms with Crippen LogP contribution in [0.5, 0.6) is 11.5 Å². The molecule has 0 amide bonds. The average molecular weight is 408 g/mol.